The van der Waals surface area contributed by atoms with E-state index in [0.717, 1.165) is 56.6 Å². The molecule has 6 heteroatoms. The normalized spacial score (nSPS) is 18.1. The fourth-order valence-corrected chi connectivity index (χ4v) is 2.46. The van der Waals surface area contributed by atoms with Crippen LogP contribution in [0.1, 0.15) is 45.4 Å². The van der Waals surface area contributed by atoms with E-state index in [1.54, 1.807) is 7.11 Å². The topological polar surface area (TPSA) is 87.6 Å². The minimum Gasteiger partial charge on any atom is -0.436 e. The fraction of sp³-hybridized carbons (Fsp3) is 0.684. The van der Waals surface area contributed by atoms with Gasteiger partial charge in [0.2, 0.25) is 0 Å². The first-order valence-corrected chi connectivity index (χ1v) is 9.02. The van der Waals surface area contributed by atoms with Crippen molar-refractivity contribution >= 4 is 6.21 Å². The molecule has 2 N–H and O–H groups in total. The quantitative estimate of drug-likeness (QED) is 0.192. The smallest absolute Gasteiger partial charge is 0.191 e. The van der Waals surface area contributed by atoms with Gasteiger partial charge in [-0.2, -0.15) is 5.26 Å². The summed E-state index contributed by atoms with van der Waals surface area (Å²) in [6, 6.07) is 2.09. The molecule has 6 nitrogen and oxygen atoms in total. The Kier molecular flexibility index (Phi) is 11.8. The standard InChI is InChI=1S/C19H30N2O4/c1-3-10-24-12-6-13-25-19(22)18(15-20)16-7-4-8-17(14-16)21-9-5-11-23-2/h9,14,19,22H,3-8,10-13H2,1-2H3/p+1/b18-16-,21-9?. The first-order valence-electron chi connectivity index (χ1n) is 9.02. The molecule has 1 atom stereocenters. The van der Waals surface area contributed by atoms with Crippen LogP contribution < -0.4 is 0 Å². The van der Waals surface area contributed by atoms with Gasteiger partial charge in [-0.05, 0) is 43.8 Å². The lowest BCUT2D eigenvalue weighted by Gasteiger charge is -2.17. The van der Waals surface area contributed by atoms with Crippen LogP contribution in [-0.2, 0) is 9.47 Å². The van der Waals surface area contributed by atoms with Crippen LogP contribution in [0.15, 0.2) is 27.9 Å². The Morgan fingerprint density at radius 3 is 3.00 bits per heavy atom. The molecule has 0 saturated carbocycles. The molecule has 0 fully saturated rings. The molecule has 0 aromatic carbocycles. The zero-order chi connectivity index (χ0) is 18.3. The van der Waals surface area contributed by atoms with Gasteiger partial charge in [-0.1, -0.05) is 6.92 Å². The monoisotopic (exact) mass is 351 g/mol. The van der Waals surface area contributed by atoms with E-state index >= 15 is 0 Å². The van der Waals surface area contributed by atoms with Gasteiger partial charge in [-0.3, -0.25) is 4.99 Å². The minimum absolute atomic E-state index is 0.283. The van der Waals surface area contributed by atoms with Crippen LogP contribution in [0, 0.1) is 11.3 Å². The molecule has 1 rings (SSSR count). The summed E-state index contributed by atoms with van der Waals surface area (Å²) in [5.41, 5.74) is 2.03. The summed E-state index contributed by atoms with van der Waals surface area (Å²) in [6.45, 7) is 4.51. The first-order chi connectivity index (χ1) is 12.2. The van der Waals surface area contributed by atoms with Gasteiger partial charge in [0.25, 0.3) is 0 Å². The second kappa shape index (κ2) is 13.7. The zero-order valence-corrected chi connectivity index (χ0v) is 15.4. The minimum atomic E-state index is -1.19. The molecule has 25 heavy (non-hydrogen) atoms. The number of hydrogen-bond donors (Lipinski definition) is 1. The van der Waals surface area contributed by atoms with Crippen molar-refractivity contribution in [3.05, 3.63) is 22.9 Å². The molecule has 0 spiro atoms. The third-order valence-corrected chi connectivity index (χ3v) is 3.73. The average molecular weight is 351 g/mol. The largest absolute Gasteiger partial charge is 0.436 e. The molecule has 0 radical (unpaired) electrons. The SMILES string of the molecule is CCCOCCCOC(O)/C(C#N)=C1\C=C(N=CCC[OH+]C)CCC1. The maximum absolute atomic E-state index is 10.2. The molecule has 0 aliphatic heterocycles. The molecule has 1 unspecified atom stereocenters. The van der Waals surface area contributed by atoms with Crippen LogP contribution in [0.25, 0.3) is 0 Å². The summed E-state index contributed by atoms with van der Waals surface area (Å²) in [5.74, 6) is 0. The summed E-state index contributed by atoms with van der Waals surface area (Å²) < 4.78 is 14.8. The second-order valence-corrected chi connectivity index (χ2v) is 5.87. The van der Waals surface area contributed by atoms with E-state index in [2.05, 4.69) is 22.7 Å². The van der Waals surface area contributed by atoms with Crippen LogP contribution in [0.2, 0.25) is 0 Å². The number of hydrogen-bond acceptors (Lipinski definition) is 5. The third kappa shape index (κ3) is 8.94. The van der Waals surface area contributed by atoms with Crippen molar-refractivity contribution in [1.82, 2.24) is 0 Å². The molecule has 0 bridgehead atoms. The molecular weight excluding hydrogens is 320 g/mol. The van der Waals surface area contributed by atoms with Crippen molar-refractivity contribution in [2.24, 2.45) is 4.99 Å². The van der Waals surface area contributed by atoms with Gasteiger partial charge in [-0.15, -0.1) is 0 Å². The number of aliphatic hydroxyl groups excluding tert-OH is 1. The van der Waals surface area contributed by atoms with E-state index in [-0.39, 0.29) is 5.57 Å². The van der Waals surface area contributed by atoms with Crippen LogP contribution in [-0.4, -0.2) is 55.9 Å². The van der Waals surface area contributed by atoms with Crippen LogP contribution >= 0.6 is 0 Å². The van der Waals surface area contributed by atoms with Crippen molar-refractivity contribution in [2.45, 2.75) is 51.7 Å². The highest BCUT2D eigenvalue weighted by atomic mass is 16.6. The maximum atomic E-state index is 10.2. The lowest BCUT2D eigenvalue weighted by Crippen LogP contribution is -2.18. The molecular formula is C19H31N2O4+. The molecule has 0 saturated heterocycles. The van der Waals surface area contributed by atoms with Crippen molar-refractivity contribution in [2.75, 3.05) is 33.5 Å². The summed E-state index contributed by atoms with van der Waals surface area (Å²) >= 11 is 0. The van der Waals surface area contributed by atoms with Crippen molar-refractivity contribution in [1.29, 1.82) is 5.26 Å². The molecule has 1 aliphatic carbocycles. The number of nitrogens with zero attached hydrogens (tertiary/aromatic N) is 2. The molecule has 0 heterocycles. The Bertz CT molecular complexity index is 506. The predicted molar refractivity (Wildman–Crippen MR) is 98.4 cm³/mol. The Morgan fingerprint density at radius 2 is 2.28 bits per heavy atom. The van der Waals surface area contributed by atoms with Crippen LogP contribution in [0.5, 0.6) is 0 Å². The van der Waals surface area contributed by atoms with Crippen molar-refractivity contribution < 1.29 is 19.3 Å². The van der Waals surface area contributed by atoms with E-state index < -0.39 is 6.29 Å². The van der Waals surface area contributed by atoms with E-state index in [0.29, 0.717) is 19.6 Å². The molecule has 0 amide bonds. The van der Waals surface area contributed by atoms with Gasteiger partial charge in [-0.25, -0.2) is 0 Å². The Labute approximate surface area is 150 Å². The number of aliphatic imine (C=N–C) groups is 1. The Morgan fingerprint density at radius 1 is 1.44 bits per heavy atom. The predicted octanol–water partition coefficient (Wildman–Crippen LogP) is 2.64. The number of ether oxygens (including phenoxy) is 3. The van der Waals surface area contributed by atoms with Crippen molar-refractivity contribution in [3.8, 4) is 6.07 Å². The number of nitriles is 1. The zero-order valence-electron chi connectivity index (χ0n) is 15.4. The van der Waals surface area contributed by atoms with Crippen LogP contribution in [0.3, 0.4) is 0 Å². The third-order valence-electron chi connectivity index (χ3n) is 3.73. The second-order valence-electron chi connectivity index (χ2n) is 5.87. The summed E-state index contributed by atoms with van der Waals surface area (Å²) in [7, 11) is 1.78. The lowest BCUT2D eigenvalue weighted by atomic mass is 9.95. The van der Waals surface area contributed by atoms with Gasteiger partial charge in [0.15, 0.2) is 6.29 Å². The maximum Gasteiger partial charge on any atom is 0.191 e. The Hall–Kier alpha value is -1.52. The molecule has 0 aromatic rings. The summed E-state index contributed by atoms with van der Waals surface area (Å²) in [4.78, 5) is 4.44. The van der Waals surface area contributed by atoms with Gasteiger partial charge in [0, 0.05) is 25.1 Å². The Balaban J connectivity index is 2.58. The van der Waals surface area contributed by atoms with E-state index in [9.17, 15) is 10.4 Å². The van der Waals surface area contributed by atoms with Crippen molar-refractivity contribution in [3.63, 3.8) is 0 Å². The van der Waals surface area contributed by atoms with Gasteiger partial charge in [0.1, 0.15) is 19.8 Å². The summed E-state index contributed by atoms with van der Waals surface area (Å²) in [6.07, 6.45) is 7.61. The fourth-order valence-electron chi connectivity index (χ4n) is 2.46. The average Bonchev–Trinajstić information content (AvgIpc) is 2.63. The highest BCUT2D eigenvalue weighted by molar-refractivity contribution is 5.59. The number of aliphatic hydroxyl groups is 3. The van der Waals surface area contributed by atoms with Gasteiger partial charge < -0.3 is 19.3 Å². The highest BCUT2D eigenvalue weighted by Crippen LogP contribution is 2.26. The molecule has 0 aromatic heterocycles. The number of allylic oxidation sites excluding steroid dienone is 3. The molecule has 1 aliphatic rings. The summed E-state index contributed by atoms with van der Waals surface area (Å²) in [5, 5.41) is 19.6. The van der Waals surface area contributed by atoms with E-state index in [1.807, 2.05) is 12.3 Å². The lowest BCUT2D eigenvalue weighted by molar-refractivity contribution is -0.0745. The van der Waals surface area contributed by atoms with E-state index in [1.165, 1.54) is 0 Å². The first kappa shape index (κ1) is 21.5. The number of rotatable bonds is 12. The highest BCUT2D eigenvalue weighted by Gasteiger charge is 2.18. The van der Waals surface area contributed by atoms with Gasteiger partial charge >= 0.3 is 0 Å². The van der Waals surface area contributed by atoms with E-state index in [4.69, 9.17) is 9.47 Å². The molecule has 140 valence electrons. The van der Waals surface area contributed by atoms with Crippen LogP contribution in [0.4, 0.5) is 0 Å². The van der Waals surface area contributed by atoms with Gasteiger partial charge in [0.05, 0.1) is 18.6 Å².